The van der Waals surface area contributed by atoms with Crippen molar-refractivity contribution in [3.05, 3.63) is 65.5 Å². The largest absolute Gasteiger partial charge is 0.497 e. The van der Waals surface area contributed by atoms with Crippen molar-refractivity contribution in [2.75, 3.05) is 20.2 Å². The van der Waals surface area contributed by atoms with Gasteiger partial charge in [0.15, 0.2) is 5.82 Å². The van der Waals surface area contributed by atoms with Gasteiger partial charge in [0.25, 0.3) is 0 Å². The third-order valence-corrected chi connectivity index (χ3v) is 6.74. The Morgan fingerprint density at radius 3 is 2.66 bits per heavy atom. The van der Waals surface area contributed by atoms with E-state index in [2.05, 4.69) is 64.0 Å². The summed E-state index contributed by atoms with van der Waals surface area (Å²) in [6.45, 7) is 4.63. The molecule has 170 valence electrons. The standard InChI is InChI=1S/C27H36N4O/c1-4-17-31(24-15-13-23-20-25(32-3)16-14-22(23)19-24)18-9-8-12-26-28-29-27(30(26)2)21-10-6-5-7-11-21/h5-7,10-11,14,16,20,24H,4,8-9,12-13,15,17-19H2,1-3H3. The van der Waals surface area contributed by atoms with E-state index in [4.69, 9.17) is 4.74 Å². The molecule has 1 heterocycles. The lowest BCUT2D eigenvalue weighted by atomic mass is 9.87. The summed E-state index contributed by atoms with van der Waals surface area (Å²) in [6.07, 6.45) is 8.06. The molecule has 1 aromatic heterocycles. The minimum absolute atomic E-state index is 0.648. The summed E-state index contributed by atoms with van der Waals surface area (Å²) in [5, 5.41) is 8.89. The van der Waals surface area contributed by atoms with Crippen LogP contribution >= 0.6 is 0 Å². The van der Waals surface area contributed by atoms with Gasteiger partial charge in [0.05, 0.1) is 7.11 Å². The molecule has 0 saturated heterocycles. The Labute approximate surface area is 192 Å². The number of hydrogen-bond donors (Lipinski definition) is 0. The highest BCUT2D eigenvalue weighted by molar-refractivity contribution is 5.54. The van der Waals surface area contributed by atoms with Crippen LogP contribution in [0.15, 0.2) is 48.5 Å². The van der Waals surface area contributed by atoms with Gasteiger partial charge in [-0.1, -0.05) is 43.3 Å². The molecule has 0 fully saturated rings. The number of aryl methyl sites for hydroxylation is 2. The molecule has 0 aliphatic heterocycles. The Kier molecular flexibility index (Phi) is 7.59. The van der Waals surface area contributed by atoms with Crippen molar-refractivity contribution < 1.29 is 4.74 Å². The van der Waals surface area contributed by atoms with E-state index in [1.54, 1.807) is 7.11 Å². The minimum Gasteiger partial charge on any atom is -0.497 e. The van der Waals surface area contributed by atoms with Crippen LogP contribution in [-0.4, -0.2) is 45.9 Å². The Morgan fingerprint density at radius 2 is 1.88 bits per heavy atom. The van der Waals surface area contributed by atoms with Gasteiger partial charge in [-0.15, -0.1) is 10.2 Å². The minimum atomic E-state index is 0.648. The van der Waals surface area contributed by atoms with Crippen LogP contribution < -0.4 is 4.74 Å². The molecular weight excluding hydrogens is 396 g/mol. The van der Waals surface area contributed by atoms with Crippen LogP contribution in [0.25, 0.3) is 11.4 Å². The summed E-state index contributed by atoms with van der Waals surface area (Å²) < 4.78 is 7.55. The lowest BCUT2D eigenvalue weighted by Gasteiger charge is -2.35. The fourth-order valence-electron chi connectivity index (χ4n) is 4.93. The molecule has 5 heteroatoms. The van der Waals surface area contributed by atoms with Gasteiger partial charge in [-0.05, 0) is 74.9 Å². The maximum absolute atomic E-state index is 5.41. The van der Waals surface area contributed by atoms with Gasteiger partial charge in [0.1, 0.15) is 11.6 Å². The van der Waals surface area contributed by atoms with Crippen LogP contribution in [0.3, 0.4) is 0 Å². The van der Waals surface area contributed by atoms with Crippen molar-refractivity contribution in [2.24, 2.45) is 7.05 Å². The number of unbranched alkanes of at least 4 members (excludes halogenated alkanes) is 1. The first kappa shape index (κ1) is 22.5. The van der Waals surface area contributed by atoms with Crippen molar-refractivity contribution in [1.29, 1.82) is 0 Å². The summed E-state index contributed by atoms with van der Waals surface area (Å²) in [5.74, 6) is 3.00. The predicted molar refractivity (Wildman–Crippen MR) is 130 cm³/mol. The normalized spacial score (nSPS) is 15.7. The SMILES string of the molecule is CCCN(CCCCc1nnc(-c2ccccc2)n1C)C1CCc2cc(OC)ccc2C1. The van der Waals surface area contributed by atoms with Gasteiger partial charge in [-0.2, -0.15) is 0 Å². The van der Waals surface area contributed by atoms with Gasteiger partial charge >= 0.3 is 0 Å². The maximum Gasteiger partial charge on any atom is 0.163 e. The summed E-state index contributed by atoms with van der Waals surface area (Å²) >= 11 is 0. The van der Waals surface area contributed by atoms with Crippen LogP contribution in [-0.2, 0) is 26.3 Å². The van der Waals surface area contributed by atoms with E-state index < -0.39 is 0 Å². The highest BCUT2D eigenvalue weighted by Gasteiger charge is 2.24. The first-order valence-corrected chi connectivity index (χ1v) is 12.0. The molecule has 32 heavy (non-hydrogen) atoms. The first-order chi connectivity index (χ1) is 15.7. The van der Waals surface area contributed by atoms with Crippen LogP contribution in [0.5, 0.6) is 5.75 Å². The topological polar surface area (TPSA) is 43.2 Å². The Bertz CT molecular complexity index is 998. The summed E-state index contributed by atoms with van der Waals surface area (Å²) in [5.41, 5.74) is 4.09. The first-order valence-electron chi connectivity index (χ1n) is 12.0. The van der Waals surface area contributed by atoms with E-state index >= 15 is 0 Å². The Balaban J connectivity index is 1.31. The monoisotopic (exact) mass is 432 g/mol. The molecule has 1 aliphatic rings. The molecule has 0 amide bonds. The second-order valence-electron chi connectivity index (χ2n) is 8.89. The summed E-state index contributed by atoms with van der Waals surface area (Å²) in [4.78, 5) is 2.72. The Hall–Kier alpha value is -2.66. The smallest absolute Gasteiger partial charge is 0.163 e. The third kappa shape index (κ3) is 5.21. The molecule has 1 aliphatic carbocycles. The Morgan fingerprint density at radius 1 is 1.03 bits per heavy atom. The number of ether oxygens (including phenoxy) is 1. The molecule has 1 atom stereocenters. The molecule has 0 bridgehead atoms. The number of benzene rings is 2. The van der Waals surface area contributed by atoms with Crippen molar-refractivity contribution >= 4 is 0 Å². The molecule has 0 N–H and O–H groups in total. The average molecular weight is 433 g/mol. The van der Waals surface area contributed by atoms with Crippen LogP contribution in [0, 0.1) is 0 Å². The predicted octanol–water partition coefficient (Wildman–Crippen LogP) is 5.08. The van der Waals surface area contributed by atoms with Crippen molar-refractivity contribution in [2.45, 2.75) is 57.9 Å². The molecule has 0 spiro atoms. The molecule has 2 aromatic carbocycles. The van der Waals surface area contributed by atoms with Gasteiger partial charge in [0, 0.05) is 25.1 Å². The fraction of sp³-hybridized carbons (Fsp3) is 0.481. The van der Waals surface area contributed by atoms with Crippen molar-refractivity contribution in [3.63, 3.8) is 0 Å². The van der Waals surface area contributed by atoms with Crippen LogP contribution in [0.1, 0.15) is 49.6 Å². The molecular formula is C27H36N4O. The second kappa shape index (κ2) is 10.8. The number of methoxy groups -OCH3 is 1. The average Bonchev–Trinajstić information content (AvgIpc) is 3.21. The van der Waals surface area contributed by atoms with E-state index in [1.165, 1.54) is 36.9 Å². The molecule has 1 unspecified atom stereocenters. The zero-order chi connectivity index (χ0) is 22.3. The number of nitrogens with zero attached hydrogens (tertiary/aromatic N) is 4. The van der Waals surface area contributed by atoms with E-state index in [0.29, 0.717) is 6.04 Å². The van der Waals surface area contributed by atoms with E-state index in [-0.39, 0.29) is 0 Å². The lowest BCUT2D eigenvalue weighted by Crippen LogP contribution is -2.40. The molecule has 0 saturated carbocycles. The van der Waals surface area contributed by atoms with Crippen LogP contribution in [0.4, 0.5) is 0 Å². The summed E-state index contributed by atoms with van der Waals surface area (Å²) in [6, 6.07) is 17.6. The number of hydrogen-bond acceptors (Lipinski definition) is 4. The van der Waals surface area contributed by atoms with Crippen LogP contribution in [0.2, 0.25) is 0 Å². The van der Waals surface area contributed by atoms with E-state index in [9.17, 15) is 0 Å². The van der Waals surface area contributed by atoms with Gasteiger partial charge < -0.3 is 14.2 Å². The number of fused-ring (bicyclic) bond motifs is 1. The highest BCUT2D eigenvalue weighted by atomic mass is 16.5. The van der Waals surface area contributed by atoms with Gasteiger partial charge in [-0.25, -0.2) is 0 Å². The molecule has 3 aromatic rings. The van der Waals surface area contributed by atoms with Crippen molar-refractivity contribution in [1.82, 2.24) is 19.7 Å². The highest BCUT2D eigenvalue weighted by Crippen LogP contribution is 2.28. The van der Waals surface area contributed by atoms with Crippen molar-refractivity contribution in [3.8, 4) is 17.1 Å². The zero-order valence-electron chi connectivity index (χ0n) is 19.8. The number of aromatic nitrogens is 3. The van der Waals surface area contributed by atoms with Gasteiger partial charge in [-0.3, -0.25) is 0 Å². The second-order valence-corrected chi connectivity index (χ2v) is 8.89. The quantitative estimate of drug-likeness (QED) is 0.419. The number of rotatable bonds is 10. The fourth-order valence-corrected chi connectivity index (χ4v) is 4.93. The van der Waals surface area contributed by atoms with E-state index in [1.807, 2.05) is 18.2 Å². The molecule has 0 radical (unpaired) electrons. The third-order valence-electron chi connectivity index (χ3n) is 6.74. The lowest BCUT2D eigenvalue weighted by molar-refractivity contribution is 0.176. The molecule has 5 nitrogen and oxygen atoms in total. The maximum atomic E-state index is 5.41. The molecule has 4 rings (SSSR count). The van der Waals surface area contributed by atoms with Gasteiger partial charge in [0.2, 0.25) is 0 Å². The zero-order valence-corrected chi connectivity index (χ0v) is 19.8. The van der Waals surface area contributed by atoms with E-state index in [0.717, 1.165) is 55.2 Å². The summed E-state index contributed by atoms with van der Waals surface area (Å²) in [7, 11) is 3.83.